The van der Waals surface area contributed by atoms with Gasteiger partial charge in [-0.1, -0.05) is 42.6 Å². The lowest BCUT2D eigenvalue weighted by Gasteiger charge is -2.32. The summed E-state index contributed by atoms with van der Waals surface area (Å²) in [4.78, 5) is 4.83. The summed E-state index contributed by atoms with van der Waals surface area (Å²) in [6, 6.07) is 8.07. The maximum Gasteiger partial charge on any atom is 0.245 e. The molecule has 1 unspecified atom stereocenters. The maximum absolute atomic E-state index is 13.1. The SMILES string of the molecule is NC1(c2noc(C3CCCCN3S(=O)(=O)c3ccccc3)n2)CCCC1. The molecule has 7 nitrogen and oxygen atoms in total. The molecule has 0 spiro atoms. The van der Waals surface area contributed by atoms with Crippen LogP contribution < -0.4 is 5.73 Å². The lowest BCUT2D eigenvalue weighted by molar-refractivity contribution is 0.204. The van der Waals surface area contributed by atoms with Gasteiger partial charge in [-0.3, -0.25) is 0 Å². The Kier molecular flexibility index (Phi) is 4.58. The molecule has 1 aliphatic carbocycles. The average Bonchev–Trinajstić information content (AvgIpc) is 3.33. The van der Waals surface area contributed by atoms with Crippen molar-refractivity contribution in [2.75, 3.05) is 6.54 Å². The van der Waals surface area contributed by atoms with Gasteiger partial charge in [0.1, 0.15) is 6.04 Å². The Morgan fingerprint density at radius 1 is 1.12 bits per heavy atom. The molecule has 1 atom stereocenters. The molecule has 2 fully saturated rings. The van der Waals surface area contributed by atoms with E-state index in [0.29, 0.717) is 24.7 Å². The normalized spacial score (nSPS) is 24.0. The highest BCUT2D eigenvalue weighted by Crippen LogP contribution is 2.38. The Labute approximate surface area is 153 Å². The third-order valence-corrected chi connectivity index (χ3v) is 7.39. The number of piperidine rings is 1. The minimum Gasteiger partial charge on any atom is -0.337 e. The van der Waals surface area contributed by atoms with Crippen molar-refractivity contribution >= 4 is 10.0 Å². The van der Waals surface area contributed by atoms with E-state index in [1.54, 1.807) is 30.3 Å². The average molecular weight is 376 g/mol. The molecular weight excluding hydrogens is 352 g/mol. The first-order chi connectivity index (χ1) is 12.5. The third-order valence-electron chi connectivity index (χ3n) is 5.47. The summed E-state index contributed by atoms with van der Waals surface area (Å²) in [7, 11) is -3.61. The second kappa shape index (κ2) is 6.75. The van der Waals surface area contributed by atoms with E-state index in [4.69, 9.17) is 10.3 Å². The molecule has 0 amide bonds. The van der Waals surface area contributed by atoms with Gasteiger partial charge in [0, 0.05) is 6.54 Å². The van der Waals surface area contributed by atoms with Crippen molar-refractivity contribution in [3.63, 3.8) is 0 Å². The summed E-state index contributed by atoms with van der Waals surface area (Å²) < 4.78 is 33.2. The molecule has 4 rings (SSSR count). The molecule has 2 heterocycles. The molecule has 1 saturated heterocycles. The molecule has 2 aliphatic rings. The number of hydrogen-bond donors (Lipinski definition) is 1. The van der Waals surface area contributed by atoms with Crippen LogP contribution in [0.3, 0.4) is 0 Å². The minimum absolute atomic E-state index is 0.290. The van der Waals surface area contributed by atoms with Gasteiger partial charge in [0.05, 0.1) is 10.4 Å². The number of sulfonamides is 1. The number of benzene rings is 1. The molecular formula is C18H24N4O3S. The largest absolute Gasteiger partial charge is 0.337 e. The molecule has 1 aromatic heterocycles. The zero-order chi connectivity index (χ0) is 18.2. The highest BCUT2D eigenvalue weighted by molar-refractivity contribution is 7.89. The molecule has 2 aromatic rings. The van der Waals surface area contributed by atoms with Crippen molar-refractivity contribution in [2.45, 2.75) is 61.4 Å². The van der Waals surface area contributed by atoms with Crippen LogP contribution in [-0.4, -0.2) is 29.4 Å². The van der Waals surface area contributed by atoms with E-state index in [1.807, 2.05) is 0 Å². The third kappa shape index (κ3) is 3.06. The standard InChI is InChI=1S/C18H24N4O3S/c19-18(11-5-6-12-18)17-20-16(25-21-17)15-10-4-7-13-22(15)26(23,24)14-8-2-1-3-9-14/h1-3,8-9,15H,4-7,10-13,19H2. The van der Waals surface area contributed by atoms with Crippen molar-refractivity contribution in [3.05, 3.63) is 42.0 Å². The Morgan fingerprint density at radius 3 is 2.58 bits per heavy atom. The Bertz CT molecular complexity index is 860. The predicted molar refractivity (Wildman–Crippen MR) is 95.6 cm³/mol. The van der Waals surface area contributed by atoms with Crippen LogP contribution in [0, 0.1) is 0 Å². The molecule has 0 bridgehead atoms. The second-order valence-corrected chi connectivity index (χ2v) is 9.15. The molecule has 0 radical (unpaired) electrons. The molecule has 1 saturated carbocycles. The van der Waals surface area contributed by atoms with E-state index in [9.17, 15) is 8.42 Å². The van der Waals surface area contributed by atoms with Crippen LogP contribution in [0.25, 0.3) is 0 Å². The van der Waals surface area contributed by atoms with Crippen LogP contribution in [0.4, 0.5) is 0 Å². The minimum atomic E-state index is -3.61. The Morgan fingerprint density at radius 2 is 1.85 bits per heavy atom. The van der Waals surface area contributed by atoms with Crippen LogP contribution in [0.1, 0.15) is 62.7 Å². The van der Waals surface area contributed by atoms with Gasteiger partial charge >= 0.3 is 0 Å². The monoisotopic (exact) mass is 376 g/mol. The summed E-state index contributed by atoms with van der Waals surface area (Å²) >= 11 is 0. The van der Waals surface area contributed by atoms with Gasteiger partial charge in [-0.05, 0) is 37.8 Å². The fourth-order valence-electron chi connectivity index (χ4n) is 3.97. The summed E-state index contributed by atoms with van der Waals surface area (Å²) in [5, 5.41) is 4.10. The Hall–Kier alpha value is -1.77. The zero-order valence-corrected chi connectivity index (χ0v) is 15.5. The first-order valence-electron chi connectivity index (χ1n) is 9.21. The lowest BCUT2D eigenvalue weighted by atomic mass is 9.98. The lowest BCUT2D eigenvalue weighted by Crippen LogP contribution is -2.39. The van der Waals surface area contributed by atoms with E-state index in [1.165, 1.54) is 4.31 Å². The van der Waals surface area contributed by atoms with E-state index >= 15 is 0 Å². The van der Waals surface area contributed by atoms with Gasteiger partial charge in [0.15, 0.2) is 5.82 Å². The predicted octanol–water partition coefficient (Wildman–Crippen LogP) is 2.71. The van der Waals surface area contributed by atoms with Crippen molar-refractivity contribution in [2.24, 2.45) is 5.73 Å². The van der Waals surface area contributed by atoms with E-state index in [0.717, 1.165) is 38.5 Å². The second-order valence-electron chi connectivity index (χ2n) is 7.26. The highest BCUT2D eigenvalue weighted by atomic mass is 32.2. The van der Waals surface area contributed by atoms with Crippen molar-refractivity contribution in [3.8, 4) is 0 Å². The molecule has 140 valence electrons. The van der Waals surface area contributed by atoms with Crippen molar-refractivity contribution in [1.82, 2.24) is 14.4 Å². The van der Waals surface area contributed by atoms with Gasteiger partial charge in [0.2, 0.25) is 15.9 Å². The fraction of sp³-hybridized carbons (Fsp3) is 0.556. The number of hydrogen-bond acceptors (Lipinski definition) is 6. The van der Waals surface area contributed by atoms with Gasteiger partial charge in [-0.15, -0.1) is 0 Å². The van der Waals surface area contributed by atoms with E-state index < -0.39 is 21.6 Å². The van der Waals surface area contributed by atoms with Crippen molar-refractivity contribution < 1.29 is 12.9 Å². The number of rotatable bonds is 4. The number of nitrogens with zero attached hydrogens (tertiary/aromatic N) is 3. The molecule has 1 aliphatic heterocycles. The molecule has 26 heavy (non-hydrogen) atoms. The van der Waals surface area contributed by atoms with Crippen molar-refractivity contribution in [1.29, 1.82) is 0 Å². The summed E-state index contributed by atoms with van der Waals surface area (Å²) in [5.74, 6) is 0.864. The smallest absolute Gasteiger partial charge is 0.245 e. The zero-order valence-electron chi connectivity index (χ0n) is 14.7. The van der Waals surface area contributed by atoms with Crippen LogP contribution >= 0.6 is 0 Å². The summed E-state index contributed by atoms with van der Waals surface area (Å²) in [6.07, 6.45) is 6.20. The maximum atomic E-state index is 13.1. The number of nitrogens with two attached hydrogens (primary N) is 1. The van der Waals surface area contributed by atoms with Gasteiger partial charge in [0.25, 0.3) is 0 Å². The first kappa shape index (κ1) is 17.6. The molecule has 8 heteroatoms. The first-order valence-corrected chi connectivity index (χ1v) is 10.6. The van der Waals surface area contributed by atoms with E-state index in [-0.39, 0.29) is 4.90 Å². The van der Waals surface area contributed by atoms with E-state index in [2.05, 4.69) is 10.1 Å². The number of aromatic nitrogens is 2. The highest BCUT2D eigenvalue weighted by Gasteiger charge is 2.40. The van der Waals surface area contributed by atoms with Gasteiger partial charge in [-0.25, -0.2) is 8.42 Å². The van der Waals surface area contributed by atoms with Gasteiger partial charge in [-0.2, -0.15) is 9.29 Å². The summed E-state index contributed by atoms with van der Waals surface area (Å²) in [6.45, 7) is 0.452. The Balaban J connectivity index is 1.65. The summed E-state index contributed by atoms with van der Waals surface area (Å²) in [5.41, 5.74) is 5.88. The molecule has 1 aromatic carbocycles. The van der Waals surface area contributed by atoms with Crippen LogP contribution in [0.5, 0.6) is 0 Å². The van der Waals surface area contributed by atoms with Gasteiger partial charge < -0.3 is 10.3 Å². The fourth-order valence-corrected chi connectivity index (χ4v) is 5.64. The van der Waals surface area contributed by atoms with Crippen LogP contribution in [0.2, 0.25) is 0 Å². The topological polar surface area (TPSA) is 102 Å². The van der Waals surface area contributed by atoms with Crippen LogP contribution in [0.15, 0.2) is 39.8 Å². The molecule has 2 N–H and O–H groups in total. The van der Waals surface area contributed by atoms with Crippen LogP contribution in [-0.2, 0) is 15.6 Å². The quantitative estimate of drug-likeness (QED) is 0.880.